The van der Waals surface area contributed by atoms with Crippen LogP contribution in [0.2, 0.25) is 0 Å². The van der Waals surface area contributed by atoms with Gasteiger partial charge in [-0.25, -0.2) is 0 Å². The van der Waals surface area contributed by atoms with Gasteiger partial charge in [-0.3, -0.25) is 0 Å². The molecule has 1 nitrogen and oxygen atoms in total. The van der Waals surface area contributed by atoms with E-state index in [9.17, 15) is 5.26 Å². The second-order valence-corrected chi connectivity index (χ2v) is 19.8. The van der Waals surface area contributed by atoms with Gasteiger partial charge in [0.2, 0.25) is 0 Å². The molecule has 0 N–H and O–H groups in total. The van der Waals surface area contributed by atoms with Crippen LogP contribution in [0.15, 0.2) is 170 Å². The van der Waals surface area contributed by atoms with Crippen molar-refractivity contribution < 1.29 is 0 Å². The number of hydrogen-bond acceptors (Lipinski definition) is 1. The minimum atomic E-state index is -2.54. The molecular formula is C50H42NP2+. The number of hydrogen-bond donors (Lipinski definition) is 0. The Bertz CT molecular complexity index is 2520. The summed E-state index contributed by atoms with van der Waals surface area (Å²) in [6, 6.07) is 66.2. The van der Waals surface area contributed by atoms with Crippen molar-refractivity contribution >= 4 is 68.6 Å². The molecule has 0 heterocycles. The van der Waals surface area contributed by atoms with Crippen molar-refractivity contribution in [2.75, 3.05) is 6.16 Å². The van der Waals surface area contributed by atoms with Crippen LogP contribution in [0, 0.1) is 39.0 Å². The van der Waals surface area contributed by atoms with Crippen LogP contribution in [0.3, 0.4) is 0 Å². The lowest BCUT2D eigenvalue weighted by molar-refractivity contribution is 1.47. The van der Waals surface area contributed by atoms with Gasteiger partial charge in [0.1, 0.15) is 29.2 Å². The predicted octanol–water partition coefficient (Wildman–Crippen LogP) is 10.5. The van der Waals surface area contributed by atoms with Gasteiger partial charge in [0.05, 0.1) is 0 Å². The van der Waals surface area contributed by atoms with Crippen LogP contribution in [-0.2, 0) is 0 Å². The number of nitrogens with zero attached hydrogens (tertiary/aromatic N) is 1. The van der Waals surface area contributed by atoms with E-state index in [0.717, 1.165) is 0 Å². The van der Waals surface area contributed by atoms with Gasteiger partial charge in [-0.05, 0) is 103 Å². The van der Waals surface area contributed by atoms with E-state index < -0.39 is 15.2 Å². The molecule has 0 aliphatic heterocycles. The zero-order valence-electron chi connectivity index (χ0n) is 30.7. The quantitative estimate of drug-likeness (QED) is 0.144. The molecule has 0 amide bonds. The summed E-state index contributed by atoms with van der Waals surface area (Å²) in [5, 5.41) is 23.4. The third-order valence-electron chi connectivity index (χ3n) is 10.6. The molecule has 0 radical (unpaired) electrons. The van der Waals surface area contributed by atoms with E-state index >= 15 is 0 Å². The van der Waals surface area contributed by atoms with Crippen molar-refractivity contribution in [2.24, 2.45) is 0 Å². The predicted molar refractivity (Wildman–Crippen MR) is 234 cm³/mol. The maximum atomic E-state index is 10.9. The van der Waals surface area contributed by atoms with Crippen molar-refractivity contribution in [1.29, 1.82) is 5.26 Å². The maximum absolute atomic E-state index is 10.9. The summed E-state index contributed by atoms with van der Waals surface area (Å²) in [5.41, 5.74) is 7.44. The van der Waals surface area contributed by atoms with E-state index in [4.69, 9.17) is 0 Å². The molecule has 53 heavy (non-hydrogen) atoms. The normalized spacial score (nSPS) is 11.6. The summed E-state index contributed by atoms with van der Waals surface area (Å²) in [6.07, 6.45) is 0.398. The first kappa shape index (κ1) is 34.7. The lowest BCUT2D eigenvalue weighted by atomic mass is 9.93. The maximum Gasteiger partial charge on any atom is 0.159 e. The van der Waals surface area contributed by atoms with Crippen LogP contribution < -0.4 is 31.8 Å². The van der Waals surface area contributed by atoms with Gasteiger partial charge in [0.25, 0.3) is 0 Å². The lowest BCUT2D eigenvalue weighted by Gasteiger charge is -2.30. The number of nitriles is 1. The molecule has 0 atom stereocenters. The molecule has 0 bridgehead atoms. The topological polar surface area (TPSA) is 23.8 Å². The molecule has 0 spiro atoms. The smallest absolute Gasteiger partial charge is 0.159 e. The second kappa shape index (κ2) is 14.6. The third kappa shape index (κ3) is 6.38. The van der Waals surface area contributed by atoms with Crippen molar-refractivity contribution in [2.45, 2.75) is 27.7 Å². The minimum absolute atomic E-state index is 0.398. The van der Waals surface area contributed by atoms with Gasteiger partial charge >= 0.3 is 0 Å². The molecular weight excluding hydrogens is 677 g/mol. The fourth-order valence-corrected chi connectivity index (χ4v) is 14.1. The highest BCUT2D eigenvalue weighted by atomic mass is 31.2. The zero-order chi connectivity index (χ0) is 36.5. The first-order valence-corrected chi connectivity index (χ1v) is 21.6. The van der Waals surface area contributed by atoms with Gasteiger partial charge < -0.3 is 0 Å². The average Bonchev–Trinajstić information content (AvgIpc) is 3.19. The molecule has 8 aromatic rings. The first-order valence-electron chi connectivity index (χ1n) is 18.2. The summed E-state index contributed by atoms with van der Waals surface area (Å²) in [5.74, 6) is 0. The Hall–Kier alpha value is -5.37. The molecule has 0 aromatic heterocycles. The Morgan fingerprint density at radius 2 is 0.868 bits per heavy atom. The summed E-state index contributed by atoms with van der Waals surface area (Å²) in [6.45, 7) is 8.61. The van der Waals surface area contributed by atoms with Crippen LogP contribution in [0.5, 0.6) is 0 Å². The van der Waals surface area contributed by atoms with Crippen LogP contribution in [0.25, 0.3) is 32.7 Å². The fourth-order valence-electron chi connectivity index (χ4n) is 7.76. The lowest BCUT2D eigenvalue weighted by Crippen LogP contribution is -2.35. The molecule has 0 fully saturated rings. The Kier molecular flexibility index (Phi) is 9.54. The fraction of sp³-hybridized carbons (Fsp3) is 0.100. The molecule has 3 heteroatoms. The Morgan fingerprint density at radius 3 is 1.34 bits per heavy atom. The molecule has 0 saturated carbocycles. The largest absolute Gasteiger partial charge is 0.194 e. The Balaban J connectivity index is 1.57. The summed E-state index contributed by atoms with van der Waals surface area (Å²) >= 11 is 0. The van der Waals surface area contributed by atoms with Gasteiger partial charge in [0.15, 0.2) is 6.16 Å². The van der Waals surface area contributed by atoms with Crippen LogP contribution in [0.1, 0.15) is 22.3 Å². The Labute approximate surface area is 315 Å². The Morgan fingerprint density at radius 1 is 0.453 bits per heavy atom. The summed E-state index contributed by atoms with van der Waals surface area (Å²) in [7, 11) is -3.51. The number of fused-ring (bicyclic) bond motifs is 2. The van der Waals surface area contributed by atoms with Gasteiger partial charge in [0, 0.05) is 11.1 Å². The molecule has 0 unspecified atom stereocenters. The van der Waals surface area contributed by atoms with Gasteiger partial charge in [-0.1, -0.05) is 162 Å². The molecule has 0 saturated heterocycles. The van der Waals surface area contributed by atoms with Crippen LogP contribution in [-0.4, -0.2) is 6.16 Å². The van der Waals surface area contributed by atoms with E-state index in [0.29, 0.717) is 6.16 Å². The first-order chi connectivity index (χ1) is 25.9. The number of rotatable bonds is 8. The summed E-state index contributed by atoms with van der Waals surface area (Å²) < 4.78 is 0. The van der Waals surface area contributed by atoms with Crippen LogP contribution >= 0.6 is 15.2 Å². The highest BCUT2D eigenvalue weighted by Gasteiger charge is 2.48. The zero-order valence-corrected chi connectivity index (χ0v) is 32.5. The van der Waals surface area contributed by atoms with E-state index in [2.05, 4.69) is 204 Å². The van der Waals surface area contributed by atoms with Gasteiger partial charge in [-0.15, -0.1) is 0 Å². The molecule has 8 rings (SSSR count). The molecule has 0 aliphatic carbocycles. The second-order valence-electron chi connectivity index (χ2n) is 14.2. The van der Waals surface area contributed by atoms with Crippen molar-refractivity contribution in [3.05, 3.63) is 192 Å². The van der Waals surface area contributed by atoms with Crippen molar-refractivity contribution in [3.8, 4) is 17.2 Å². The van der Waals surface area contributed by atoms with E-state index in [1.54, 1.807) is 0 Å². The minimum Gasteiger partial charge on any atom is -0.194 e. The summed E-state index contributed by atoms with van der Waals surface area (Å²) in [4.78, 5) is 0. The van der Waals surface area contributed by atoms with Gasteiger partial charge in [-0.2, -0.15) is 5.26 Å². The van der Waals surface area contributed by atoms with E-state index in [1.807, 2.05) is 0 Å². The average molecular weight is 719 g/mol. The van der Waals surface area contributed by atoms with Crippen molar-refractivity contribution in [3.63, 3.8) is 0 Å². The number of aryl methyl sites for hydroxylation is 4. The molecule has 0 aliphatic rings. The number of benzene rings is 8. The van der Waals surface area contributed by atoms with E-state index in [-0.39, 0.29) is 0 Å². The third-order valence-corrected chi connectivity index (χ3v) is 17.2. The molecule has 256 valence electrons. The molecule has 8 aromatic carbocycles. The highest BCUT2D eigenvalue weighted by molar-refractivity contribution is 7.96. The van der Waals surface area contributed by atoms with Crippen molar-refractivity contribution in [1.82, 2.24) is 0 Å². The van der Waals surface area contributed by atoms with Crippen LogP contribution in [0.4, 0.5) is 0 Å². The SMILES string of the molecule is Cc1ccc(P(c2ccc(C)cc2)c2ccc3ccccc3c2-c2c([P+](CC#N)(c3ccc(C)cc3)c3ccc(C)cc3)ccc3ccccc23)cc1. The highest BCUT2D eigenvalue weighted by Crippen LogP contribution is 2.58. The standard InChI is InChI=1S/C50H42NP2/c1-35-13-23-41(24-14-35)52(42-25-15-36(2)16-26-42)47-31-21-39-9-5-7-11-45(39)49(47)50-46-12-8-6-10-40(46)22-32-48(50)53(34-33-51,43-27-17-37(3)18-28-43)44-29-19-38(4)20-30-44/h5-32H,34H2,1-4H3/q+1. The van der Waals surface area contributed by atoms with E-state index in [1.165, 1.54) is 86.8 Å². The monoisotopic (exact) mass is 718 g/mol.